The number of hydrogen-bond acceptors (Lipinski definition) is 4. The minimum Gasteiger partial charge on any atom is -0.381 e. The molecule has 0 amide bonds. The second-order valence-electron chi connectivity index (χ2n) is 4.33. The maximum Gasteiger partial charge on any atom is 0.274 e. The lowest BCUT2D eigenvalue weighted by Gasteiger charge is -2.06. The Balaban J connectivity index is 2.12. The molecular formula is C13H16N4O2. The molecule has 0 spiro atoms. The maximum absolute atomic E-state index is 11.0. The topological polar surface area (TPSA) is 73.0 Å². The van der Waals surface area contributed by atoms with Crippen molar-refractivity contribution in [1.82, 2.24) is 9.78 Å². The van der Waals surface area contributed by atoms with Gasteiger partial charge in [-0.15, -0.1) is 0 Å². The van der Waals surface area contributed by atoms with Gasteiger partial charge in [-0.1, -0.05) is 13.0 Å². The van der Waals surface area contributed by atoms with Crippen molar-refractivity contribution in [1.29, 1.82) is 0 Å². The highest BCUT2D eigenvalue weighted by molar-refractivity contribution is 5.55. The van der Waals surface area contributed by atoms with Gasteiger partial charge >= 0.3 is 0 Å². The first-order valence-corrected chi connectivity index (χ1v) is 6.09. The van der Waals surface area contributed by atoms with E-state index in [1.54, 1.807) is 23.0 Å². The number of nitrogens with one attached hydrogen (secondary N) is 1. The van der Waals surface area contributed by atoms with Gasteiger partial charge in [0, 0.05) is 42.7 Å². The summed E-state index contributed by atoms with van der Waals surface area (Å²) in [6.45, 7) is 2.50. The van der Waals surface area contributed by atoms with E-state index in [1.165, 1.54) is 0 Å². The number of aromatic nitrogens is 2. The monoisotopic (exact) mass is 260 g/mol. The summed E-state index contributed by atoms with van der Waals surface area (Å²) in [5.41, 5.74) is 2.69. The van der Waals surface area contributed by atoms with Crippen molar-refractivity contribution in [3.8, 4) is 0 Å². The number of anilines is 1. The predicted molar refractivity (Wildman–Crippen MR) is 73.0 cm³/mol. The zero-order chi connectivity index (χ0) is 13.8. The minimum atomic E-state index is -0.339. The highest BCUT2D eigenvalue weighted by Crippen LogP contribution is 2.23. The molecular weight excluding hydrogens is 244 g/mol. The van der Waals surface area contributed by atoms with E-state index in [0.717, 1.165) is 16.8 Å². The molecule has 2 aromatic rings. The van der Waals surface area contributed by atoms with Crippen LogP contribution in [0.1, 0.15) is 18.1 Å². The Morgan fingerprint density at radius 3 is 2.84 bits per heavy atom. The molecule has 2 rings (SSSR count). The van der Waals surface area contributed by atoms with Gasteiger partial charge < -0.3 is 5.32 Å². The van der Waals surface area contributed by atoms with E-state index >= 15 is 0 Å². The Bertz CT molecular complexity index is 592. The smallest absolute Gasteiger partial charge is 0.274 e. The molecule has 0 bridgehead atoms. The standard InChI is InChI=1S/C13H16N4O2/c1-3-11-4-5-12(6-13(11)17(18)19)14-7-10-8-15-16(2)9-10/h4-6,8-9,14H,3,7H2,1-2H3. The number of rotatable bonds is 5. The fourth-order valence-electron chi connectivity index (χ4n) is 1.91. The molecule has 0 saturated heterocycles. The second-order valence-corrected chi connectivity index (χ2v) is 4.33. The largest absolute Gasteiger partial charge is 0.381 e. The van der Waals surface area contributed by atoms with Crippen LogP contribution in [0.4, 0.5) is 11.4 Å². The molecule has 1 aromatic carbocycles. The van der Waals surface area contributed by atoms with Gasteiger partial charge in [0.2, 0.25) is 0 Å². The molecule has 0 aliphatic heterocycles. The third-order valence-corrected chi connectivity index (χ3v) is 2.92. The van der Waals surface area contributed by atoms with E-state index in [9.17, 15) is 10.1 Å². The van der Waals surface area contributed by atoms with Crippen molar-refractivity contribution < 1.29 is 4.92 Å². The second kappa shape index (κ2) is 5.51. The molecule has 0 aliphatic carbocycles. The van der Waals surface area contributed by atoms with E-state index in [1.807, 2.05) is 26.2 Å². The van der Waals surface area contributed by atoms with Crippen molar-refractivity contribution in [2.24, 2.45) is 7.05 Å². The number of hydrogen-bond donors (Lipinski definition) is 1. The van der Waals surface area contributed by atoms with Crippen LogP contribution in [-0.2, 0) is 20.0 Å². The van der Waals surface area contributed by atoms with Crippen LogP contribution >= 0.6 is 0 Å². The summed E-state index contributed by atoms with van der Waals surface area (Å²) in [5.74, 6) is 0. The molecule has 0 saturated carbocycles. The van der Waals surface area contributed by atoms with Gasteiger partial charge in [0.25, 0.3) is 5.69 Å². The van der Waals surface area contributed by atoms with E-state index < -0.39 is 0 Å². The molecule has 6 nitrogen and oxygen atoms in total. The lowest BCUT2D eigenvalue weighted by molar-refractivity contribution is -0.385. The van der Waals surface area contributed by atoms with E-state index in [-0.39, 0.29) is 10.6 Å². The van der Waals surface area contributed by atoms with Crippen molar-refractivity contribution in [2.45, 2.75) is 19.9 Å². The average Bonchev–Trinajstić information content (AvgIpc) is 2.81. The summed E-state index contributed by atoms with van der Waals surface area (Å²) in [7, 11) is 1.85. The van der Waals surface area contributed by atoms with Crippen LogP contribution in [0.5, 0.6) is 0 Å². The predicted octanol–water partition coefficient (Wildman–Crippen LogP) is 2.50. The fourth-order valence-corrected chi connectivity index (χ4v) is 1.91. The molecule has 1 heterocycles. The molecule has 1 N–H and O–H groups in total. The Hall–Kier alpha value is -2.37. The normalized spacial score (nSPS) is 10.4. The van der Waals surface area contributed by atoms with E-state index in [2.05, 4.69) is 10.4 Å². The van der Waals surface area contributed by atoms with Crippen LogP contribution in [0.25, 0.3) is 0 Å². The number of benzene rings is 1. The van der Waals surface area contributed by atoms with E-state index in [0.29, 0.717) is 13.0 Å². The van der Waals surface area contributed by atoms with E-state index in [4.69, 9.17) is 0 Å². The van der Waals surface area contributed by atoms with Gasteiger partial charge in [-0.25, -0.2) is 0 Å². The van der Waals surface area contributed by atoms with Crippen LogP contribution in [-0.4, -0.2) is 14.7 Å². The molecule has 0 fully saturated rings. The molecule has 0 atom stereocenters. The maximum atomic E-state index is 11.0. The number of nitrogens with zero attached hydrogens (tertiary/aromatic N) is 3. The average molecular weight is 260 g/mol. The van der Waals surface area contributed by atoms with Crippen LogP contribution in [0.2, 0.25) is 0 Å². The zero-order valence-corrected chi connectivity index (χ0v) is 11.0. The molecule has 0 unspecified atom stereocenters. The van der Waals surface area contributed by atoms with Crippen molar-refractivity contribution in [3.05, 3.63) is 51.8 Å². The van der Waals surface area contributed by atoms with Crippen LogP contribution in [0.15, 0.2) is 30.6 Å². The number of nitro groups is 1. The van der Waals surface area contributed by atoms with Crippen molar-refractivity contribution >= 4 is 11.4 Å². The Kier molecular flexibility index (Phi) is 3.79. The Morgan fingerprint density at radius 1 is 1.47 bits per heavy atom. The Labute approximate surface area is 111 Å². The third-order valence-electron chi connectivity index (χ3n) is 2.92. The summed E-state index contributed by atoms with van der Waals surface area (Å²) in [6, 6.07) is 5.24. The van der Waals surface area contributed by atoms with Gasteiger partial charge in [-0.3, -0.25) is 14.8 Å². The molecule has 100 valence electrons. The summed E-state index contributed by atoms with van der Waals surface area (Å²) >= 11 is 0. The number of nitro benzene ring substituents is 1. The Morgan fingerprint density at radius 2 is 2.26 bits per heavy atom. The first kappa shape index (κ1) is 13.1. The quantitative estimate of drug-likeness (QED) is 0.662. The highest BCUT2D eigenvalue weighted by atomic mass is 16.6. The molecule has 1 aromatic heterocycles. The molecule has 0 aliphatic rings. The van der Waals surface area contributed by atoms with Crippen LogP contribution < -0.4 is 5.32 Å². The van der Waals surface area contributed by atoms with Gasteiger partial charge in [-0.2, -0.15) is 5.10 Å². The first-order chi connectivity index (χ1) is 9.10. The molecule has 0 radical (unpaired) electrons. The minimum absolute atomic E-state index is 0.165. The summed E-state index contributed by atoms with van der Waals surface area (Å²) in [6.07, 6.45) is 4.32. The molecule has 6 heteroatoms. The summed E-state index contributed by atoms with van der Waals surface area (Å²) in [4.78, 5) is 10.6. The highest BCUT2D eigenvalue weighted by Gasteiger charge is 2.12. The van der Waals surface area contributed by atoms with Crippen LogP contribution in [0.3, 0.4) is 0 Å². The first-order valence-electron chi connectivity index (χ1n) is 6.09. The number of aryl methyl sites for hydroxylation is 2. The third kappa shape index (κ3) is 3.09. The van der Waals surface area contributed by atoms with Crippen molar-refractivity contribution in [3.63, 3.8) is 0 Å². The van der Waals surface area contributed by atoms with Crippen LogP contribution in [0, 0.1) is 10.1 Å². The molecule has 19 heavy (non-hydrogen) atoms. The summed E-state index contributed by atoms with van der Waals surface area (Å²) in [5, 5.41) is 18.2. The van der Waals surface area contributed by atoms with Gasteiger partial charge in [0.15, 0.2) is 0 Å². The SMILES string of the molecule is CCc1ccc(NCc2cnn(C)c2)cc1[N+](=O)[O-]. The summed E-state index contributed by atoms with van der Waals surface area (Å²) < 4.78 is 1.72. The lowest BCUT2D eigenvalue weighted by Crippen LogP contribution is -2.01. The lowest BCUT2D eigenvalue weighted by atomic mass is 10.1. The fraction of sp³-hybridized carbons (Fsp3) is 0.308. The van der Waals surface area contributed by atoms with Gasteiger partial charge in [-0.05, 0) is 12.5 Å². The zero-order valence-electron chi connectivity index (χ0n) is 11.0. The van der Waals surface area contributed by atoms with Gasteiger partial charge in [0.1, 0.15) is 0 Å². The van der Waals surface area contributed by atoms with Crippen molar-refractivity contribution in [2.75, 3.05) is 5.32 Å². The van der Waals surface area contributed by atoms with Gasteiger partial charge in [0.05, 0.1) is 11.1 Å².